The number of allylic oxidation sites excluding steroid dienone is 4. The van der Waals surface area contributed by atoms with Crippen molar-refractivity contribution in [3.63, 3.8) is 0 Å². The van der Waals surface area contributed by atoms with Crippen molar-refractivity contribution >= 4 is 23.4 Å². The van der Waals surface area contributed by atoms with Gasteiger partial charge in [0, 0.05) is 44.9 Å². The van der Waals surface area contributed by atoms with E-state index in [-0.39, 0.29) is 49.5 Å². The van der Waals surface area contributed by atoms with E-state index in [0.29, 0.717) is 56.9 Å². The molecule has 56 heavy (non-hydrogen) atoms. The van der Waals surface area contributed by atoms with Crippen LogP contribution in [-0.2, 0) is 38.1 Å². The van der Waals surface area contributed by atoms with E-state index < -0.39 is 83.9 Å². The average Bonchev–Trinajstić information content (AvgIpc) is 3.48. The highest BCUT2D eigenvalue weighted by Gasteiger charge is 2.57. The number of piperidine rings is 1. The van der Waals surface area contributed by atoms with Gasteiger partial charge in [0.25, 0.3) is 11.7 Å². The summed E-state index contributed by atoms with van der Waals surface area (Å²) in [7, 11) is 3.02. The summed E-state index contributed by atoms with van der Waals surface area (Å²) >= 11 is 0. The number of rotatable bonds is 6. The molecule has 4 rings (SSSR count). The zero-order chi connectivity index (χ0) is 41.5. The summed E-state index contributed by atoms with van der Waals surface area (Å²) in [5.41, 5.74) is 1.58. The Labute approximate surface area is 332 Å². The van der Waals surface area contributed by atoms with Gasteiger partial charge < -0.3 is 44.3 Å². The van der Waals surface area contributed by atoms with Gasteiger partial charge in [0.1, 0.15) is 24.0 Å². The lowest BCUT2D eigenvalue weighted by Gasteiger charge is -2.38. The molecule has 2 saturated heterocycles. The maximum atomic E-state index is 14.2. The van der Waals surface area contributed by atoms with Crippen LogP contribution in [0.4, 0.5) is 0 Å². The van der Waals surface area contributed by atoms with Crippen molar-refractivity contribution in [1.82, 2.24) is 4.90 Å². The Bertz CT molecular complexity index is 1460. The van der Waals surface area contributed by atoms with E-state index in [0.717, 1.165) is 10.5 Å². The van der Waals surface area contributed by atoms with Crippen molar-refractivity contribution in [3.05, 3.63) is 36.0 Å². The summed E-state index contributed by atoms with van der Waals surface area (Å²) in [5, 5.41) is 45.1. The number of ketones is 2. The van der Waals surface area contributed by atoms with E-state index in [9.17, 15) is 39.6 Å². The Balaban J connectivity index is 1.74. The minimum atomic E-state index is -2.53. The monoisotopic (exact) mass is 789 g/mol. The van der Waals surface area contributed by atoms with Gasteiger partial charge in [-0.1, -0.05) is 44.6 Å². The molecule has 0 spiro atoms. The summed E-state index contributed by atoms with van der Waals surface area (Å²) in [4.78, 5) is 57.1. The fraction of sp³-hybridized carbons (Fsp3) is 0.767. The van der Waals surface area contributed by atoms with Crippen molar-refractivity contribution in [1.29, 1.82) is 0 Å². The Kier molecular flexibility index (Phi) is 16.6. The van der Waals surface area contributed by atoms with Crippen LogP contribution < -0.4 is 0 Å². The van der Waals surface area contributed by atoms with E-state index >= 15 is 0 Å². The number of carbonyl (C=O) groups is 4. The summed E-state index contributed by atoms with van der Waals surface area (Å²) in [6.45, 7) is 12.9. The standard InChI is InChI=1S/C43H67NO12/c1-9-12-30-18-24(2)17-25(3)19-36(54-8)38(48)37-21-27(5)43(52,56-37)40(49)41(50)44-16-11-10-13-31(44)42(51)55-39(28(6)33(46)23-34(30)47)26(4)20-29-14-15-32(45)35(22-29)53-7/h9,18,20,25,27-33,35-39,45-46,48,52H,1,10-17,19,21-23H2,2-8H3/b24-18+,26-20?/t25-,27+,28+,29?,30+,31?,32+,33-,35+,36-,37+,38-,39+,43?/m0/s1. The average molecular weight is 790 g/mol. The molecule has 4 N–H and O–H groups in total. The highest BCUT2D eigenvalue weighted by molar-refractivity contribution is 6.39. The molecule has 3 unspecified atom stereocenters. The van der Waals surface area contributed by atoms with Crippen LogP contribution in [0, 0.1) is 29.6 Å². The summed E-state index contributed by atoms with van der Waals surface area (Å²) < 4.78 is 23.3. The highest BCUT2D eigenvalue weighted by Crippen LogP contribution is 2.39. The Morgan fingerprint density at radius 3 is 2.32 bits per heavy atom. The van der Waals surface area contributed by atoms with Gasteiger partial charge in [0.2, 0.25) is 5.79 Å². The smallest absolute Gasteiger partial charge is 0.329 e. The number of amides is 1. The molecule has 13 heteroatoms. The maximum Gasteiger partial charge on any atom is 0.329 e. The van der Waals surface area contributed by atoms with E-state index in [1.54, 1.807) is 34.0 Å². The van der Waals surface area contributed by atoms with Gasteiger partial charge >= 0.3 is 5.97 Å². The van der Waals surface area contributed by atoms with Gasteiger partial charge in [-0.2, -0.15) is 0 Å². The molecule has 3 heterocycles. The van der Waals surface area contributed by atoms with E-state index in [2.05, 4.69) is 6.58 Å². The van der Waals surface area contributed by atoms with Gasteiger partial charge in [-0.05, 0) is 95.5 Å². The van der Waals surface area contributed by atoms with Gasteiger partial charge in [-0.3, -0.25) is 14.4 Å². The molecule has 3 fully saturated rings. The fourth-order valence-electron chi connectivity index (χ4n) is 9.20. The number of carbonyl (C=O) groups excluding carboxylic acids is 4. The van der Waals surface area contributed by atoms with E-state index in [4.69, 9.17) is 18.9 Å². The van der Waals surface area contributed by atoms with Crippen molar-refractivity contribution < 1.29 is 58.6 Å². The molecule has 1 aliphatic carbocycles. The van der Waals surface area contributed by atoms with Crippen LogP contribution in [0.2, 0.25) is 0 Å². The maximum absolute atomic E-state index is 14.2. The molecular formula is C43H67NO12. The first-order valence-corrected chi connectivity index (χ1v) is 20.5. The van der Waals surface area contributed by atoms with Crippen molar-refractivity contribution in [2.75, 3.05) is 20.8 Å². The lowest BCUT2D eigenvalue weighted by molar-refractivity contribution is -0.225. The Hall–Kier alpha value is -2.78. The van der Waals surface area contributed by atoms with Crippen LogP contribution in [0.5, 0.6) is 0 Å². The number of aliphatic hydroxyl groups is 4. The predicted octanol–water partition coefficient (Wildman–Crippen LogP) is 3.98. The molecule has 13 nitrogen and oxygen atoms in total. The lowest BCUT2D eigenvalue weighted by Crippen LogP contribution is -2.57. The first-order valence-electron chi connectivity index (χ1n) is 20.5. The van der Waals surface area contributed by atoms with Crippen molar-refractivity contribution in [3.8, 4) is 0 Å². The lowest BCUT2D eigenvalue weighted by atomic mass is 9.81. The molecule has 0 aromatic rings. The molecule has 2 bridgehead atoms. The van der Waals surface area contributed by atoms with Crippen LogP contribution in [0.15, 0.2) is 36.0 Å². The topological polar surface area (TPSA) is 189 Å². The zero-order valence-electron chi connectivity index (χ0n) is 34.4. The minimum Gasteiger partial charge on any atom is -0.456 e. The summed E-state index contributed by atoms with van der Waals surface area (Å²) in [5.74, 6) is -7.99. The first kappa shape index (κ1) is 45.9. The third kappa shape index (κ3) is 10.8. The number of hydrogen-bond acceptors (Lipinski definition) is 12. The van der Waals surface area contributed by atoms with E-state index in [1.165, 1.54) is 7.11 Å². The molecule has 3 aliphatic heterocycles. The molecule has 1 amide bonds. The third-order valence-corrected chi connectivity index (χ3v) is 12.6. The third-order valence-electron chi connectivity index (χ3n) is 12.6. The summed E-state index contributed by atoms with van der Waals surface area (Å²) in [6, 6.07) is -1.16. The number of Topliss-reactive ketones (excluding diaryl/α,β-unsaturated/α-hetero) is 2. The number of hydrogen-bond donors (Lipinski definition) is 4. The van der Waals surface area contributed by atoms with Crippen LogP contribution in [-0.4, -0.2) is 124 Å². The number of nitrogens with zero attached hydrogens (tertiary/aromatic N) is 1. The molecule has 4 aliphatic rings. The molecule has 0 aromatic carbocycles. The van der Waals surface area contributed by atoms with Gasteiger partial charge in [0.15, 0.2) is 0 Å². The Morgan fingerprint density at radius 2 is 1.66 bits per heavy atom. The zero-order valence-corrected chi connectivity index (χ0v) is 34.4. The van der Waals surface area contributed by atoms with Crippen LogP contribution >= 0.6 is 0 Å². The SMILES string of the molecule is C=CC[C@@H]1/C=C(\C)C[C@H](C)C[C@H](OC)[C@H](O)[C@H]2C[C@@H](C)C(O)(O2)C(=O)C(=O)N2CCCCC2C(=O)O[C@H](C(C)=CC2CC[C@@H](O)[C@H](OC)C2)[C@H](C)[C@@H](O)CC1=O. The number of fused-ring (bicyclic) bond motifs is 3. The molecule has 0 aromatic heterocycles. The largest absolute Gasteiger partial charge is 0.456 e. The highest BCUT2D eigenvalue weighted by atomic mass is 16.7. The van der Waals surface area contributed by atoms with Crippen molar-refractivity contribution in [2.24, 2.45) is 29.6 Å². The molecule has 0 radical (unpaired) electrons. The van der Waals surface area contributed by atoms with Crippen LogP contribution in [0.25, 0.3) is 0 Å². The molecule has 1 saturated carbocycles. The quantitative estimate of drug-likeness (QED) is 0.172. The minimum absolute atomic E-state index is 0.0115. The number of aliphatic hydroxyl groups excluding tert-OH is 3. The number of methoxy groups -OCH3 is 2. The number of esters is 1. The predicted molar refractivity (Wildman–Crippen MR) is 208 cm³/mol. The van der Waals surface area contributed by atoms with Gasteiger partial charge in [-0.15, -0.1) is 6.58 Å². The molecule has 14 atom stereocenters. The van der Waals surface area contributed by atoms with Gasteiger partial charge in [-0.25, -0.2) is 4.79 Å². The summed E-state index contributed by atoms with van der Waals surface area (Å²) in [6.07, 6.45) is 3.66. The normalized spacial score (nSPS) is 41.5. The molecule has 316 valence electrons. The number of cyclic esters (lactones) is 1. The molecular weight excluding hydrogens is 722 g/mol. The van der Waals surface area contributed by atoms with Crippen LogP contribution in [0.1, 0.15) is 105 Å². The number of ether oxygens (including phenoxy) is 4. The van der Waals surface area contributed by atoms with Crippen LogP contribution in [0.3, 0.4) is 0 Å². The Morgan fingerprint density at radius 1 is 0.964 bits per heavy atom. The van der Waals surface area contributed by atoms with Gasteiger partial charge in [0.05, 0.1) is 30.5 Å². The second-order valence-electron chi connectivity index (χ2n) is 17.1. The fourth-order valence-corrected chi connectivity index (χ4v) is 9.20. The second-order valence-corrected chi connectivity index (χ2v) is 17.1. The first-order chi connectivity index (χ1) is 26.4. The van der Waals surface area contributed by atoms with Crippen molar-refractivity contribution in [2.45, 2.75) is 160 Å². The van der Waals surface area contributed by atoms with E-state index in [1.807, 2.05) is 26.0 Å². The second kappa shape index (κ2) is 20.3.